The highest BCUT2D eigenvalue weighted by Crippen LogP contribution is 2.26. The summed E-state index contributed by atoms with van der Waals surface area (Å²) in [5.74, 6) is 0.0268. The molecule has 0 N–H and O–H groups in total. The Labute approximate surface area is 192 Å². The Bertz CT molecular complexity index is 1300. The maximum Gasteiger partial charge on any atom is 0.269 e. The fraction of sp³-hybridized carbons (Fsp3) is 0.217. The van der Waals surface area contributed by atoms with Crippen LogP contribution in [0, 0.1) is 18.3 Å². The van der Waals surface area contributed by atoms with Crippen molar-refractivity contribution in [2.75, 3.05) is 26.3 Å². The van der Waals surface area contributed by atoms with Gasteiger partial charge in [-0.15, -0.1) is 0 Å². The fourth-order valence-electron chi connectivity index (χ4n) is 3.33. The van der Waals surface area contributed by atoms with E-state index >= 15 is 0 Å². The molecule has 1 amide bonds. The number of amides is 1. The minimum Gasteiger partial charge on any atom is -0.438 e. The van der Waals surface area contributed by atoms with Crippen molar-refractivity contribution in [3.8, 4) is 17.7 Å². The number of aromatic nitrogens is 2. The summed E-state index contributed by atoms with van der Waals surface area (Å²) in [6.45, 7) is 3.41. The Morgan fingerprint density at radius 1 is 1.25 bits per heavy atom. The number of ether oxygens (including phenoxy) is 2. The average molecular weight is 495 g/mol. The number of rotatable bonds is 4. The molecule has 3 heterocycles. The number of nitriles is 1. The molecule has 32 heavy (non-hydrogen) atoms. The molecule has 1 fully saturated rings. The molecule has 1 aliphatic heterocycles. The van der Waals surface area contributed by atoms with Gasteiger partial charge < -0.3 is 14.4 Å². The van der Waals surface area contributed by atoms with Crippen LogP contribution in [-0.2, 0) is 9.53 Å². The number of fused-ring (bicyclic) bond motifs is 1. The number of halogens is 1. The van der Waals surface area contributed by atoms with Crippen molar-refractivity contribution in [1.82, 2.24) is 14.3 Å². The van der Waals surface area contributed by atoms with E-state index in [1.54, 1.807) is 36.5 Å². The van der Waals surface area contributed by atoms with Crippen molar-refractivity contribution in [2.45, 2.75) is 6.92 Å². The van der Waals surface area contributed by atoms with E-state index in [1.165, 1.54) is 15.4 Å². The number of pyridine rings is 1. The standard InChI is InChI=1S/C23H19BrN4O4/c1-15-3-2-8-28-20(15)26-21(32-18-6-4-17(24)5-7-18)19(23(28)30)13-16(14-25)22(29)27-9-11-31-12-10-27/h2-8,13H,9-12H2,1H3/b16-13+. The average Bonchev–Trinajstić information content (AvgIpc) is 2.81. The van der Waals surface area contributed by atoms with E-state index in [4.69, 9.17) is 9.47 Å². The first-order valence-corrected chi connectivity index (χ1v) is 10.7. The molecule has 0 saturated carbocycles. The molecule has 0 bridgehead atoms. The lowest BCUT2D eigenvalue weighted by Gasteiger charge is -2.26. The summed E-state index contributed by atoms with van der Waals surface area (Å²) >= 11 is 3.37. The summed E-state index contributed by atoms with van der Waals surface area (Å²) in [6, 6.07) is 12.5. The summed E-state index contributed by atoms with van der Waals surface area (Å²) in [4.78, 5) is 32.3. The zero-order valence-electron chi connectivity index (χ0n) is 17.2. The first-order chi connectivity index (χ1) is 15.5. The zero-order chi connectivity index (χ0) is 22.7. The van der Waals surface area contributed by atoms with Gasteiger partial charge in [0.05, 0.1) is 13.2 Å². The van der Waals surface area contributed by atoms with Crippen molar-refractivity contribution in [3.63, 3.8) is 0 Å². The van der Waals surface area contributed by atoms with Crippen molar-refractivity contribution >= 4 is 33.6 Å². The normalized spacial score (nSPS) is 14.3. The van der Waals surface area contributed by atoms with Gasteiger partial charge in [0.2, 0.25) is 5.88 Å². The second-order valence-electron chi connectivity index (χ2n) is 7.15. The first kappa shape index (κ1) is 21.7. The van der Waals surface area contributed by atoms with Gasteiger partial charge in [-0.1, -0.05) is 22.0 Å². The number of carbonyl (C=O) groups is 1. The van der Waals surface area contributed by atoms with Crippen LogP contribution in [0.5, 0.6) is 11.6 Å². The molecule has 2 aromatic heterocycles. The minimum atomic E-state index is -0.459. The number of hydrogen-bond donors (Lipinski definition) is 0. The molecule has 3 aromatic rings. The third-order valence-corrected chi connectivity index (χ3v) is 5.54. The quantitative estimate of drug-likeness (QED) is 0.407. The summed E-state index contributed by atoms with van der Waals surface area (Å²) in [5, 5.41) is 9.68. The third-order valence-electron chi connectivity index (χ3n) is 5.02. The predicted molar refractivity (Wildman–Crippen MR) is 121 cm³/mol. The Hall–Kier alpha value is -3.48. The molecule has 0 spiro atoms. The van der Waals surface area contributed by atoms with E-state index in [9.17, 15) is 14.9 Å². The van der Waals surface area contributed by atoms with Crippen molar-refractivity contribution in [1.29, 1.82) is 5.26 Å². The van der Waals surface area contributed by atoms with Gasteiger partial charge in [-0.05, 0) is 48.9 Å². The van der Waals surface area contributed by atoms with E-state index in [1.807, 2.05) is 19.1 Å². The van der Waals surface area contributed by atoms with Crippen LogP contribution in [-0.4, -0.2) is 46.5 Å². The van der Waals surface area contributed by atoms with E-state index in [2.05, 4.69) is 20.9 Å². The summed E-state index contributed by atoms with van der Waals surface area (Å²) in [6.07, 6.45) is 2.85. The Morgan fingerprint density at radius 2 is 1.97 bits per heavy atom. The summed E-state index contributed by atoms with van der Waals surface area (Å²) in [5.41, 5.74) is 0.632. The van der Waals surface area contributed by atoms with E-state index < -0.39 is 11.5 Å². The summed E-state index contributed by atoms with van der Waals surface area (Å²) in [7, 11) is 0. The van der Waals surface area contributed by atoms with Gasteiger partial charge in [0, 0.05) is 23.8 Å². The number of hydrogen-bond acceptors (Lipinski definition) is 6. The van der Waals surface area contributed by atoms with Gasteiger partial charge in [0.15, 0.2) is 0 Å². The Kier molecular flexibility index (Phi) is 6.35. The molecule has 0 radical (unpaired) electrons. The molecule has 0 unspecified atom stereocenters. The molecule has 0 atom stereocenters. The first-order valence-electron chi connectivity index (χ1n) is 9.92. The van der Waals surface area contributed by atoms with Crippen LogP contribution in [0.2, 0.25) is 0 Å². The number of benzene rings is 1. The van der Waals surface area contributed by atoms with Gasteiger partial charge in [-0.25, -0.2) is 0 Å². The molecular weight excluding hydrogens is 476 g/mol. The Morgan fingerprint density at radius 3 is 2.66 bits per heavy atom. The van der Waals surface area contributed by atoms with Crippen molar-refractivity contribution < 1.29 is 14.3 Å². The van der Waals surface area contributed by atoms with Crippen LogP contribution in [0.4, 0.5) is 0 Å². The van der Waals surface area contributed by atoms with Crippen molar-refractivity contribution in [2.24, 2.45) is 0 Å². The van der Waals surface area contributed by atoms with Crippen LogP contribution in [0.25, 0.3) is 11.7 Å². The van der Waals surface area contributed by atoms with Gasteiger partial charge in [-0.3, -0.25) is 14.0 Å². The van der Waals surface area contributed by atoms with Gasteiger partial charge in [-0.2, -0.15) is 10.2 Å². The van der Waals surface area contributed by atoms with Crippen LogP contribution < -0.4 is 10.3 Å². The number of carbonyl (C=O) groups excluding carboxylic acids is 1. The highest BCUT2D eigenvalue weighted by molar-refractivity contribution is 9.10. The van der Waals surface area contributed by atoms with Gasteiger partial charge in [0.25, 0.3) is 11.5 Å². The number of aryl methyl sites for hydroxylation is 1. The Balaban J connectivity index is 1.85. The highest BCUT2D eigenvalue weighted by atomic mass is 79.9. The molecule has 8 nitrogen and oxygen atoms in total. The fourth-order valence-corrected chi connectivity index (χ4v) is 3.59. The highest BCUT2D eigenvalue weighted by Gasteiger charge is 2.23. The van der Waals surface area contributed by atoms with Gasteiger partial charge in [0.1, 0.15) is 28.6 Å². The maximum absolute atomic E-state index is 13.3. The molecule has 4 rings (SSSR count). The molecule has 1 aromatic carbocycles. The van der Waals surface area contributed by atoms with Crippen LogP contribution in [0.1, 0.15) is 11.1 Å². The minimum absolute atomic E-state index is 0.0224. The SMILES string of the molecule is Cc1cccn2c(=O)c(/C=C(\C#N)C(=O)N3CCOCC3)c(Oc3ccc(Br)cc3)nc12. The van der Waals surface area contributed by atoms with Gasteiger partial charge >= 0.3 is 0 Å². The predicted octanol–water partition coefficient (Wildman–Crippen LogP) is 3.32. The second-order valence-corrected chi connectivity index (χ2v) is 8.07. The van der Waals surface area contributed by atoms with E-state index in [0.29, 0.717) is 37.7 Å². The lowest BCUT2D eigenvalue weighted by atomic mass is 10.1. The van der Waals surface area contributed by atoms with Crippen molar-refractivity contribution in [3.05, 3.63) is 74.1 Å². The van der Waals surface area contributed by atoms with E-state index in [-0.39, 0.29) is 17.0 Å². The van der Waals surface area contributed by atoms with Crippen LogP contribution in [0.15, 0.2) is 57.4 Å². The van der Waals surface area contributed by atoms with E-state index in [0.717, 1.165) is 10.0 Å². The molecule has 0 aliphatic carbocycles. The lowest BCUT2D eigenvalue weighted by Crippen LogP contribution is -2.41. The second kappa shape index (κ2) is 9.34. The summed E-state index contributed by atoms with van der Waals surface area (Å²) < 4.78 is 13.5. The largest absolute Gasteiger partial charge is 0.438 e. The molecule has 1 saturated heterocycles. The maximum atomic E-state index is 13.3. The lowest BCUT2D eigenvalue weighted by molar-refractivity contribution is -0.130. The topological polar surface area (TPSA) is 96.9 Å². The number of morpholine rings is 1. The third kappa shape index (κ3) is 4.42. The zero-order valence-corrected chi connectivity index (χ0v) is 18.8. The molecule has 162 valence electrons. The molecular formula is C23H19BrN4O4. The molecule has 9 heteroatoms. The van der Waals surface area contributed by atoms with Crippen LogP contribution >= 0.6 is 15.9 Å². The smallest absolute Gasteiger partial charge is 0.269 e. The van der Waals surface area contributed by atoms with Crippen LogP contribution in [0.3, 0.4) is 0 Å². The monoisotopic (exact) mass is 494 g/mol. The molecule has 1 aliphatic rings. The number of nitrogens with zero attached hydrogens (tertiary/aromatic N) is 4.